The number of fused-ring (bicyclic) bond motifs is 1. The molecule has 4 nitrogen and oxygen atoms in total. The lowest BCUT2D eigenvalue weighted by Crippen LogP contribution is -2.24. The van der Waals surface area contributed by atoms with E-state index in [4.69, 9.17) is 0 Å². The summed E-state index contributed by atoms with van der Waals surface area (Å²) in [4.78, 5) is 0. The molecule has 94 valence electrons. The first-order valence-electron chi connectivity index (χ1n) is 6.37. The third-order valence-corrected chi connectivity index (χ3v) is 3.27. The van der Waals surface area contributed by atoms with Crippen molar-refractivity contribution in [2.75, 3.05) is 0 Å². The van der Waals surface area contributed by atoms with Crippen molar-refractivity contribution >= 4 is 22.8 Å². The lowest BCUT2D eigenvalue weighted by atomic mass is 9.98. The van der Waals surface area contributed by atoms with Gasteiger partial charge in [0.1, 0.15) is 22.8 Å². The van der Waals surface area contributed by atoms with Gasteiger partial charge in [-0.3, -0.25) is 0 Å². The van der Waals surface area contributed by atoms with Crippen LogP contribution in [-0.4, -0.2) is 22.8 Å². The summed E-state index contributed by atoms with van der Waals surface area (Å²) < 4.78 is 0. The Morgan fingerprint density at radius 2 is 0.750 bits per heavy atom. The summed E-state index contributed by atoms with van der Waals surface area (Å²) in [7, 11) is 0. The lowest BCUT2D eigenvalue weighted by Gasteiger charge is -2.01. The van der Waals surface area contributed by atoms with E-state index in [9.17, 15) is 0 Å². The van der Waals surface area contributed by atoms with Crippen LogP contribution < -0.4 is 0 Å². The van der Waals surface area contributed by atoms with E-state index in [1.54, 1.807) is 0 Å². The summed E-state index contributed by atoms with van der Waals surface area (Å²) in [6, 6.07) is 19.9. The van der Waals surface area contributed by atoms with Crippen molar-refractivity contribution in [1.29, 1.82) is 0 Å². The van der Waals surface area contributed by atoms with E-state index >= 15 is 0 Å². The molecule has 0 amide bonds. The fraction of sp³-hybridized carbons (Fsp3) is 0. The average molecular weight is 258 g/mol. The van der Waals surface area contributed by atoms with Gasteiger partial charge in [0.05, 0.1) is 0 Å². The zero-order valence-electron chi connectivity index (χ0n) is 10.6. The Hall–Kier alpha value is -2.88. The van der Waals surface area contributed by atoms with Gasteiger partial charge in [0.2, 0.25) is 0 Å². The molecule has 4 heteroatoms. The summed E-state index contributed by atoms with van der Waals surface area (Å²) in [6.07, 6.45) is 0. The van der Waals surface area contributed by atoms with E-state index < -0.39 is 0 Å². The van der Waals surface area contributed by atoms with Gasteiger partial charge in [-0.2, -0.15) is 0 Å². The van der Waals surface area contributed by atoms with E-state index in [0.29, 0.717) is 0 Å². The smallest absolute Gasteiger partial charge is 0.144 e. The average Bonchev–Trinajstić information content (AvgIpc) is 3.10. The molecular weight excluding hydrogens is 248 g/mol. The van der Waals surface area contributed by atoms with E-state index in [1.165, 1.54) is 0 Å². The highest BCUT2D eigenvalue weighted by molar-refractivity contribution is 6.88. The zero-order valence-corrected chi connectivity index (χ0v) is 10.6. The molecule has 0 bridgehead atoms. The fourth-order valence-electron chi connectivity index (χ4n) is 2.29. The Kier molecular flexibility index (Phi) is 2.39. The minimum atomic E-state index is 0.759. The van der Waals surface area contributed by atoms with Crippen LogP contribution in [0, 0.1) is 0 Å². The number of rotatable bonds is 2. The first-order valence-corrected chi connectivity index (χ1v) is 6.37. The molecule has 0 aliphatic carbocycles. The van der Waals surface area contributed by atoms with E-state index in [2.05, 4.69) is 20.4 Å². The Morgan fingerprint density at radius 1 is 0.400 bits per heavy atom. The van der Waals surface area contributed by atoms with Gasteiger partial charge in [0, 0.05) is 11.1 Å². The van der Waals surface area contributed by atoms with Gasteiger partial charge in [-0.25, -0.2) is 0 Å². The van der Waals surface area contributed by atoms with Gasteiger partial charge in [0.15, 0.2) is 0 Å². The lowest BCUT2D eigenvalue weighted by molar-refractivity contribution is 1.25. The second kappa shape index (κ2) is 4.35. The quantitative estimate of drug-likeness (QED) is 0.795. The van der Waals surface area contributed by atoms with Crippen molar-refractivity contribution in [3.05, 3.63) is 71.8 Å². The van der Waals surface area contributed by atoms with Crippen LogP contribution in [0.15, 0.2) is 81.1 Å². The molecule has 2 heterocycles. The SMILES string of the molecule is c1ccc(C2=NN=C3C2=NN=C3c2ccccc2)cc1. The summed E-state index contributed by atoms with van der Waals surface area (Å²) >= 11 is 0. The minimum Gasteiger partial charge on any atom is -0.147 e. The summed E-state index contributed by atoms with van der Waals surface area (Å²) in [5, 5.41) is 17.0. The zero-order chi connectivity index (χ0) is 13.4. The van der Waals surface area contributed by atoms with Crippen LogP contribution in [0.1, 0.15) is 11.1 Å². The molecule has 0 unspecified atom stereocenters. The van der Waals surface area contributed by atoms with Crippen LogP contribution in [0.5, 0.6) is 0 Å². The van der Waals surface area contributed by atoms with Crippen molar-refractivity contribution in [3.8, 4) is 0 Å². The molecule has 0 radical (unpaired) electrons. The van der Waals surface area contributed by atoms with Gasteiger partial charge >= 0.3 is 0 Å². The van der Waals surface area contributed by atoms with Crippen LogP contribution in [0.3, 0.4) is 0 Å². The van der Waals surface area contributed by atoms with Crippen molar-refractivity contribution in [2.24, 2.45) is 20.4 Å². The number of benzene rings is 2. The first kappa shape index (κ1) is 11.0. The second-order valence-electron chi connectivity index (χ2n) is 4.53. The minimum absolute atomic E-state index is 0.759. The largest absolute Gasteiger partial charge is 0.147 e. The molecule has 0 aromatic heterocycles. The Morgan fingerprint density at radius 3 is 1.15 bits per heavy atom. The third-order valence-electron chi connectivity index (χ3n) is 3.27. The topological polar surface area (TPSA) is 49.4 Å². The molecule has 2 aliphatic heterocycles. The van der Waals surface area contributed by atoms with Crippen LogP contribution in [0.2, 0.25) is 0 Å². The van der Waals surface area contributed by atoms with E-state index in [1.807, 2.05) is 60.7 Å². The molecule has 0 saturated heterocycles. The standard InChI is InChI=1S/C16H10N4/c1-3-7-11(8-4-1)13-15-16(20-17-13)14(18-19-15)12-9-5-2-6-10-12/h1-10H. The van der Waals surface area contributed by atoms with E-state index in [-0.39, 0.29) is 0 Å². The maximum atomic E-state index is 4.26. The third kappa shape index (κ3) is 1.62. The van der Waals surface area contributed by atoms with Crippen LogP contribution in [0.25, 0.3) is 0 Å². The molecule has 2 aromatic carbocycles. The van der Waals surface area contributed by atoms with Crippen molar-refractivity contribution in [3.63, 3.8) is 0 Å². The Labute approximate surface area is 115 Å². The predicted octanol–water partition coefficient (Wildman–Crippen LogP) is 2.70. The summed E-state index contributed by atoms with van der Waals surface area (Å²) in [5.41, 5.74) is 5.11. The summed E-state index contributed by atoms with van der Waals surface area (Å²) in [5.74, 6) is 0. The predicted molar refractivity (Wildman–Crippen MR) is 80.8 cm³/mol. The van der Waals surface area contributed by atoms with Gasteiger partial charge in [-0.15, -0.1) is 20.4 Å². The van der Waals surface area contributed by atoms with Crippen molar-refractivity contribution in [1.82, 2.24) is 0 Å². The van der Waals surface area contributed by atoms with Gasteiger partial charge < -0.3 is 0 Å². The molecular formula is C16H10N4. The summed E-state index contributed by atoms with van der Waals surface area (Å²) in [6.45, 7) is 0. The molecule has 20 heavy (non-hydrogen) atoms. The molecule has 4 rings (SSSR count). The van der Waals surface area contributed by atoms with Gasteiger partial charge in [-0.1, -0.05) is 60.7 Å². The molecule has 0 fully saturated rings. The molecule has 0 spiro atoms. The van der Waals surface area contributed by atoms with Gasteiger partial charge in [-0.05, 0) is 0 Å². The number of hydrogen-bond donors (Lipinski definition) is 0. The first-order chi connectivity index (χ1) is 9.93. The molecule has 0 atom stereocenters. The number of hydrogen-bond acceptors (Lipinski definition) is 4. The molecule has 2 aromatic rings. The van der Waals surface area contributed by atoms with Crippen molar-refractivity contribution < 1.29 is 0 Å². The van der Waals surface area contributed by atoms with Crippen LogP contribution >= 0.6 is 0 Å². The Bertz CT molecular complexity index is 714. The maximum absolute atomic E-state index is 4.26. The highest BCUT2D eigenvalue weighted by Gasteiger charge is 2.31. The maximum Gasteiger partial charge on any atom is 0.144 e. The normalized spacial score (nSPS) is 16.2. The number of nitrogens with zero attached hydrogens (tertiary/aromatic N) is 4. The second-order valence-corrected chi connectivity index (χ2v) is 4.53. The highest BCUT2D eigenvalue weighted by Crippen LogP contribution is 2.18. The van der Waals surface area contributed by atoms with Gasteiger partial charge in [0.25, 0.3) is 0 Å². The fourth-order valence-corrected chi connectivity index (χ4v) is 2.29. The van der Waals surface area contributed by atoms with Crippen molar-refractivity contribution in [2.45, 2.75) is 0 Å². The van der Waals surface area contributed by atoms with Crippen LogP contribution in [-0.2, 0) is 0 Å². The molecule has 0 saturated carbocycles. The highest BCUT2D eigenvalue weighted by atomic mass is 15.3. The monoisotopic (exact) mass is 258 g/mol. The molecule has 0 N–H and O–H groups in total. The van der Waals surface area contributed by atoms with Crippen LogP contribution in [0.4, 0.5) is 0 Å². The Balaban J connectivity index is 1.68. The van der Waals surface area contributed by atoms with E-state index in [0.717, 1.165) is 34.0 Å². The molecule has 2 aliphatic rings.